The average Bonchev–Trinajstić information content (AvgIpc) is 2.34. The van der Waals surface area contributed by atoms with Crippen molar-refractivity contribution >= 4 is 5.91 Å². The number of pyridine rings is 1. The molecule has 0 aliphatic heterocycles. The fourth-order valence-electron chi connectivity index (χ4n) is 1.90. The number of hydrogen-bond acceptors (Lipinski definition) is 4. The number of hydrogen-bond donors (Lipinski definition) is 2. The smallest absolute Gasteiger partial charge is 0.220 e. The van der Waals surface area contributed by atoms with Gasteiger partial charge in [0.05, 0.1) is 5.60 Å². The van der Waals surface area contributed by atoms with Crippen molar-refractivity contribution in [2.24, 2.45) is 0 Å². The number of rotatable bonds is 7. The molecule has 0 saturated heterocycles. The number of amides is 1. The van der Waals surface area contributed by atoms with Crippen LogP contribution < -0.4 is 5.32 Å². The second-order valence-electron chi connectivity index (χ2n) is 5.33. The summed E-state index contributed by atoms with van der Waals surface area (Å²) in [4.78, 5) is 17.7. The lowest BCUT2D eigenvalue weighted by Gasteiger charge is -2.27. The topological polar surface area (TPSA) is 65.5 Å². The number of nitrogens with one attached hydrogen (secondary N) is 1. The highest BCUT2D eigenvalue weighted by molar-refractivity contribution is 5.76. The van der Waals surface area contributed by atoms with Crippen molar-refractivity contribution in [1.82, 2.24) is 15.2 Å². The highest BCUT2D eigenvalue weighted by atomic mass is 16.3. The summed E-state index contributed by atoms with van der Waals surface area (Å²) in [6, 6.07) is 5.65. The van der Waals surface area contributed by atoms with Crippen molar-refractivity contribution < 1.29 is 9.90 Å². The Kier molecular flexibility index (Phi) is 5.92. The van der Waals surface area contributed by atoms with Gasteiger partial charge in [-0.1, -0.05) is 6.07 Å². The molecule has 2 N–H and O–H groups in total. The Bertz CT molecular complexity index is 391. The average molecular weight is 265 g/mol. The van der Waals surface area contributed by atoms with Crippen LogP contribution in [0.15, 0.2) is 24.4 Å². The van der Waals surface area contributed by atoms with E-state index in [9.17, 15) is 9.90 Å². The fraction of sp³-hybridized carbons (Fsp3) is 0.571. The third-order valence-corrected chi connectivity index (χ3v) is 2.66. The molecule has 0 radical (unpaired) electrons. The number of carbonyl (C=O) groups excluding carboxylic acids is 1. The van der Waals surface area contributed by atoms with Crippen LogP contribution in [0.25, 0.3) is 0 Å². The zero-order valence-electron chi connectivity index (χ0n) is 11.9. The molecule has 0 aliphatic rings. The molecule has 0 spiro atoms. The summed E-state index contributed by atoms with van der Waals surface area (Å²) in [6.07, 6.45) is 2.71. The molecule has 0 aromatic carbocycles. The minimum Gasteiger partial charge on any atom is -0.387 e. The molecular formula is C14H23N3O2. The summed E-state index contributed by atoms with van der Waals surface area (Å²) in [5.74, 6) is -0.0651. The first-order chi connectivity index (χ1) is 8.89. The van der Waals surface area contributed by atoms with Gasteiger partial charge in [0.1, 0.15) is 0 Å². The summed E-state index contributed by atoms with van der Waals surface area (Å²) in [5, 5.41) is 12.8. The SMILES string of the molecule is CN(C)CC(C)(O)CNC(=O)CCc1ccccn1. The van der Waals surface area contributed by atoms with Gasteiger partial charge < -0.3 is 15.3 Å². The standard InChI is InChI=1S/C14H23N3O2/c1-14(19,11-17(2)3)10-16-13(18)8-7-12-6-4-5-9-15-12/h4-6,9,19H,7-8,10-11H2,1-3H3,(H,16,18). The predicted molar refractivity (Wildman–Crippen MR) is 74.7 cm³/mol. The molecule has 1 aromatic heterocycles. The molecule has 0 bridgehead atoms. The van der Waals surface area contributed by atoms with Crippen LogP contribution >= 0.6 is 0 Å². The van der Waals surface area contributed by atoms with Crippen LogP contribution in [-0.2, 0) is 11.2 Å². The molecule has 1 rings (SSSR count). The maximum Gasteiger partial charge on any atom is 0.220 e. The number of likely N-dealkylation sites (N-methyl/N-ethyl adjacent to an activating group) is 1. The number of aromatic nitrogens is 1. The minimum absolute atomic E-state index is 0.0651. The normalized spacial score (nSPS) is 14.2. The van der Waals surface area contributed by atoms with Gasteiger partial charge in [-0.2, -0.15) is 0 Å². The van der Waals surface area contributed by atoms with E-state index in [0.29, 0.717) is 19.4 Å². The van der Waals surface area contributed by atoms with Crippen molar-refractivity contribution in [3.8, 4) is 0 Å². The summed E-state index contributed by atoms with van der Waals surface area (Å²) in [7, 11) is 3.77. The Morgan fingerprint density at radius 3 is 2.79 bits per heavy atom. The van der Waals surface area contributed by atoms with E-state index < -0.39 is 5.60 Å². The molecule has 1 atom stereocenters. The predicted octanol–water partition coefficient (Wildman–Crippen LogP) is 0.443. The largest absolute Gasteiger partial charge is 0.387 e. The van der Waals surface area contributed by atoms with Gasteiger partial charge in [-0.3, -0.25) is 9.78 Å². The molecule has 0 fully saturated rings. The monoisotopic (exact) mass is 265 g/mol. The van der Waals surface area contributed by atoms with Crippen LogP contribution in [0.4, 0.5) is 0 Å². The van der Waals surface area contributed by atoms with E-state index in [2.05, 4.69) is 10.3 Å². The fourth-order valence-corrected chi connectivity index (χ4v) is 1.90. The minimum atomic E-state index is -0.913. The molecule has 1 unspecified atom stereocenters. The molecule has 1 heterocycles. The summed E-state index contributed by atoms with van der Waals surface area (Å²) in [6.45, 7) is 2.48. The van der Waals surface area contributed by atoms with Crippen LogP contribution in [0.3, 0.4) is 0 Å². The van der Waals surface area contributed by atoms with Crippen molar-refractivity contribution in [3.63, 3.8) is 0 Å². The lowest BCUT2D eigenvalue weighted by atomic mass is 10.1. The molecule has 0 aliphatic carbocycles. The Balaban J connectivity index is 2.28. The first-order valence-corrected chi connectivity index (χ1v) is 6.43. The molecule has 5 nitrogen and oxygen atoms in total. The first kappa shape index (κ1) is 15.6. The van der Waals surface area contributed by atoms with Gasteiger partial charge in [0.25, 0.3) is 0 Å². The Labute approximate surface area is 114 Å². The molecule has 5 heteroatoms. The van der Waals surface area contributed by atoms with Gasteiger partial charge in [-0.05, 0) is 39.6 Å². The van der Waals surface area contributed by atoms with Gasteiger partial charge in [-0.25, -0.2) is 0 Å². The number of nitrogens with zero attached hydrogens (tertiary/aromatic N) is 2. The second kappa shape index (κ2) is 7.21. The van der Waals surface area contributed by atoms with Crippen LogP contribution in [0, 0.1) is 0 Å². The molecule has 19 heavy (non-hydrogen) atoms. The quantitative estimate of drug-likeness (QED) is 0.751. The van der Waals surface area contributed by atoms with Crippen LogP contribution in [-0.4, -0.2) is 53.7 Å². The van der Waals surface area contributed by atoms with Crippen LogP contribution in [0.5, 0.6) is 0 Å². The highest BCUT2D eigenvalue weighted by Crippen LogP contribution is 2.03. The van der Waals surface area contributed by atoms with Crippen molar-refractivity contribution in [2.75, 3.05) is 27.2 Å². The lowest BCUT2D eigenvalue weighted by Crippen LogP contribution is -2.47. The summed E-state index contributed by atoms with van der Waals surface area (Å²) >= 11 is 0. The van der Waals surface area contributed by atoms with Crippen LogP contribution in [0.1, 0.15) is 19.0 Å². The third-order valence-electron chi connectivity index (χ3n) is 2.66. The molecule has 106 valence electrons. The summed E-state index contributed by atoms with van der Waals surface area (Å²) < 4.78 is 0. The Morgan fingerprint density at radius 1 is 1.47 bits per heavy atom. The van der Waals surface area contributed by atoms with E-state index in [-0.39, 0.29) is 12.5 Å². The van der Waals surface area contributed by atoms with E-state index >= 15 is 0 Å². The van der Waals surface area contributed by atoms with E-state index in [1.54, 1.807) is 13.1 Å². The number of aryl methyl sites for hydroxylation is 1. The Hall–Kier alpha value is -1.46. The first-order valence-electron chi connectivity index (χ1n) is 6.43. The van der Waals surface area contributed by atoms with Gasteiger partial charge in [0, 0.05) is 31.4 Å². The van der Waals surface area contributed by atoms with Gasteiger partial charge in [-0.15, -0.1) is 0 Å². The zero-order valence-corrected chi connectivity index (χ0v) is 11.9. The van der Waals surface area contributed by atoms with E-state index in [4.69, 9.17) is 0 Å². The van der Waals surface area contributed by atoms with E-state index in [1.165, 1.54) is 0 Å². The Morgan fingerprint density at radius 2 is 2.21 bits per heavy atom. The molecule has 0 saturated carbocycles. The third kappa shape index (κ3) is 6.88. The maximum atomic E-state index is 11.7. The maximum absolute atomic E-state index is 11.7. The van der Waals surface area contributed by atoms with E-state index in [0.717, 1.165) is 5.69 Å². The van der Waals surface area contributed by atoms with Gasteiger partial charge >= 0.3 is 0 Å². The van der Waals surface area contributed by atoms with Crippen molar-refractivity contribution in [3.05, 3.63) is 30.1 Å². The second-order valence-corrected chi connectivity index (χ2v) is 5.33. The summed E-state index contributed by atoms with van der Waals surface area (Å²) in [5.41, 5.74) is -0.0119. The van der Waals surface area contributed by atoms with Gasteiger partial charge in [0.15, 0.2) is 0 Å². The molecular weight excluding hydrogens is 242 g/mol. The van der Waals surface area contributed by atoms with Crippen molar-refractivity contribution in [1.29, 1.82) is 0 Å². The lowest BCUT2D eigenvalue weighted by molar-refractivity contribution is -0.122. The zero-order chi connectivity index (χ0) is 14.3. The van der Waals surface area contributed by atoms with Gasteiger partial charge in [0.2, 0.25) is 5.91 Å². The molecule has 1 amide bonds. The van der Waals surface area contributed by atoms with Crippen LogP contribution in [0.2, 0.25) is 0 Å². The van der Waals surface area contributed by atoms with E-state index in [1.807, 2.05) is 37.2 Å². The number of aliphatic hydroxyl groups is 1. The molecule has 1 aromatic rings. The highest BCUT2D eigenvalue weighted by Gasteiger charge is 2.21. The number of carbonyl (C=O) groups is 1. The van der Waals surface area contributed by atoms with Crippen molar-refractivity contribution in [2.45, 2.75) is 25.4 Å².